The van der Waals surface area contributed by atoms with Crippen molar-refractivity contribution in [2.24, 2.45) is 5.73 Å². The Kier molecular flexibility index (Phi) is 3.76. The van der Waals surface area contributed by atoms with Crippen LogP contribution in [0.3, 0.4) is 0 Å². The molecule has 6 heteroatoms. The maximum absolute atomic E-state index is 14.3. The summed E-state index contributed by atoms with van der Waals surface area (Å²) >= 11 is 0. The maximum Gasteiger partial charge on any atom is 0.310 e. The van der Waals surface area contributed by atoms with Crippen LogP contribution in [0, 0.1) is 5.82 Å². The molecule has 2 unspecified atom stereocenters. The van der Waals surface area contributed by atoms with Crippen molar-refractivity contribution >= 4 is 11.9 Å². The highest BCUT2D eigenvalue weighted by Gasteiger charge is 2.44. The van der Waals surface area contributed by atoms with Crippen LogP contribution in [0.5, 0.6) is 0 Å². The minimum Gasteiger partial charge on any atom is -0.481 e. The number of nitrogens with two attached hydrogens (primary N) is 1. The van der Waals surface area contributed by atoms with Crippen molar-refractivity contribution in [3.63, 3.8) is 0 Å². The van der Waals surface area contributed by atoms with Crippen LogP contribution in [0.4, 0.5) is 4.39 Å². The molecule has 5 nitrogen and oxygen atoms in total. The molecular formula is C14H16FNO4. The molecule has 0 bridgehead atoms. The predicted molar refractivity (Wildman–Crippen MR) is 68.8 cm³/mol. The van der Waals surface area contributed by atoms with Crippen LogP contribution in [-0.2, 0) is 19.7 Å². The molecule has 0 aliphatic carbocycles. The van der Waals surface area contributed by atoms with E-state index in [9.17, 15) is 14.0 Å². The average molecular weight is 281 g/mol. The Morgan fingerprint density at radius 3 is 2.65 bits per heavy atom. The number of primary amides is 1. The summed E-state index contributed by atoms with van der Waals surface area (Å²) in [6, 6.07) is 4.10. The number of carbonyl (C=O) groups excluding carboxylic acids is 1. The summed E-state index contributed by atoms with van der Waals surface area (Å²) < 4.78 is 19.5. The molecule has 1 saturated heterocycles. The summed E-state index contributed by atoms with van der Waals surface area (Å²) in [6.07, 6.45) is 0.326. The van der Waals surface area contributed by atoms with Crippen molar-refractivity contribution in [2.75, 3.05) is 13.2 Å². The van der Waals surface area contributed by atoms with Crippen molar-refractivity contribution in [1.82, 2.24) is 0 Å². The number of carboxylic acids is 1. The molecule has 0 spiro atoms. The van der Waals surface area contributed by atoms with Gasteiger partial charge in [0.15, 0.2) is 0 Å². The highest BCUT2D eigenvalue weighted by atomic mass is 19.1. The Balaban J connectivity index is 2.44. The largest absolute Gasteiger partial charge is 0.481 e. The van der Waals surface area contributed by atoms with Crippen LogP contribution >= 0.6 is 0 Å². The first-order valence-corrected chi connectivity index (χ1v) is 6.29. The second-order valence-corrected chi connectivity index (χ2v) is 5.05. The number of hydrogen-bond acceptors (Lipinski definition) is 3. The van der Waals surface area contributed by atoms with Gasteiger partial charge in [-0.15, -0.1) is 0 Å². The van der Waals surface area contributed by atoms with Gasteiger partial charge in [0.25, 0.3) is 0 Å². The summed E-state index contributed by atoms with van der Waals surface area (Å²) in [5, 5.41) is 8.93. The highest BCUT2D eigenvalue weighted by Crippen LogP contribution is 2.35. The summed E-state index contributed by atoms with van der Waals surface area (Å²) in [7, 11) is 0. The van der Waals surface area contributed by atoms with Gasteiger partial charge in [-0.2, -0.15) is 0 Å². The lowest BCUT2D eigenvalue weighted by Crippen LogP contribution is -2.42. The topological polar surface area (TPSA) is 89.6 Å². The smallest absolute Gasteiger partial charge is 0.310 e. The molecule has 0 aromatic heterocycles. The number of amides is 1. The van der Waals surface area contributed by atoms with Crippen LogP contribution in [0.1, 0.15) is 30.4 Å². The maximum atomic E-state index is 14.3. The van der Waals surface area contributed by atoms with Crippen LogP contribution < -0.4 is 5.73 Å². The third kappa shape index (κ3) is 2.27. The van der Waals surface area contributed by atoms with Gasteiger partial charge in [-0.1, -0.05) is 12.1 Å². The number of halogens is 1. The van der Waals surface area contributed by atoms with E-state index in [2.05, 4.69) is 0 Å². The lowest BCUT2D eigenvalue weighted by Gasteiger charge is -2.25. The lowest BCUT2D eigenvalue weighted by atomic mass is 9.78. The van der Waals surface area contributed by atoms with Crippen molar-refractivity contribution in [1.29, 1.82) is 0 Å². The number of carboxylic acid groups (broad SMARTS) is 1. The Bertz CT molecular complexity index is 552. The first-order chi connectivity index (χ1) is 9.38. The molecule has 2 atom stereocenters. The molecule has 3 N–H and O–H groups in total. The quantitative estimate of drug-likeness (QED) is 0.866. The third-order valence-corrected chi connectivity index (χ3v) is 3.87. The minimum absolute atomic E-state index is 0.0487. The highest BCUT2D eigenvalue weighted by molar-refractivity contribution is 5.87. The second kappa shape index (κ2) is 5.20. The number of aliphatic carboxylic acids is 1. The van der Waals surface area contributed by atoms with Crippen molar-refractivity contribution in [3.8, 4) is 0 Å². The van der Waals surface area contributed by atoms with Crippen molar-refractivity contribution in [2.45, 2.75) is 24.7 Å². The number of benzene rings is 1. The van der Waals surface area contributed by atoms with Gasteiger partial charge in [-0.25, -0.2) is 4.39 Å². The molecule has 2 rings (SSSR count). The Labute approximate surface area is 115 Å². The van der Waals surface area contributed by atoms with E-state index in [-0.39, 0.29) is 12.2 Å². The van der Waals surface area contributed by atoms with E-state index in [4.69, 9.17) is 15.6 Å². The SMILES string of the molecule is CC(C(=O)O)c1ccc(C2(C(N)=O)CCOC2)c(F)c1. The first-order valence-electron chi connectivity index (χ1n) is 6.29. The Morgan fingerprint density at radius 2 is 2.20 bits per heavy atom. The standard InChI is InChI=1S/C14H16FNO4/c1-8(12(17)18)9-2-3-10(11(15)6-9)14(13(16)19)4-5-20-7-14/h2-3,6,8H,4-5,7H2,1H3,(H2,16,19)(H,17,18). The van der Waals surface area contributed by atoms with Gasteiger partial charge in [0.05, 0.1) is 12.5 Å². The van der Waals surface area contributed by atoms with Gasteiger partial charge < -0.3 is 15.6 Å². The van der Waals surface area contributed by atoms with E-state index in [1.807, 2.05) is 0 Å². The average Bonchev–Trinajstić information content (AvgIpc) is 2.88. The van der Waals surface area contributed by atoms with Crippen LogP contribution in [0.15, 0.2) is 18.2 Å². The first kappa shape index (κ1) is 14.5. The second-order valence-electron chi connectivity index (χ2n) is 5.05. The summed E-state index contributed by atoms with van der Waals surface area (Å²) in [4.78, 5) is 22.6. The third-order valence-electron chi connectivity index (χ3n) is 3.87. The lowest BCUT2D eigenvalue weighted by molar-refractivity contribution is -0.138. The molecule has 1 aromatic rings. The number of rotatable bonds is 4. The normalized spacial score (nSPS) is 23.5. The van der Waals surface area contributed by atoms with E-state index in [1.165, 1.54) is 19.1 Å². The van der Waals surface area contributed by atoms with Crippen molar-refractivity contribution < 1.29 is 23.8 Å². The molecule has 1 heterocycles. The van der Waals surface area contributed by atoms with Crippen LogP contribution in [-0.4, -0.2) is 30.2 Å². The monoisotopic (exact) mass is 281 g/mol. The van der Waals surface area contributed by atoms with E-state index >= 15 is 0 Å². The summed E-state index contributed by atoms with van der Waals surface area (Å²) in [6.45, 7) is 1.86. The van der Waals surface area contributed by atoms with E-state index < -0.39 is 29.0 Å². The zero-order valence-corrected chi connectivity index (χ0v) is 11.1. The molecule has 20 heavy (non-hydrogen) atoms. The van der Waals surface area contributed by atoms with E-state index in [0.29, 0.717) is 18.6 Å². The van der Waals surface area contributed by atoms with Gasteiger partial charge in [0.1, 0.15) is 11.2 Å². The number of ether oxygens (including phenoxy) is 1. The zero-order valence-electron chi connectivity index (χ0n) is 11.1. The fourth-order valence-corrected chi connectivity index (χ4v) is 2.44. The molecule has 1 fully saturated rings. The molecular weight excluding hydrogens is 265 g/mol. The van der Waals surface area contributed by atoms with Crippen LogP contribution in [0.2, 0.25) is 0 Å². The Hall–Kier alpha value is -1.95. The molecule has 108 valence electrons. The zero-order chi connectivity index (χ0) is 14.9. The molecule has 1 aliphatic heterocycles. The summed E-state index contributed by atoms with van der Waals surface area (Å²) in [5.74, 6) is -3.11. The molecule has 1 aromatic carbocycles. The van der Waals surface area contributed by atoms with Gasteiger partial charge in [0, 0.05) is 12.2 Å². The van der Waals surface area contributed by atoms with Gasteiger partial charge in [-0.05, 0) is 25.0 Å². The fourth-order valence-electron chi connectivity index (χ4n) is 2.44. The number of carbonyl (C=O) groups is 2. The van der Waals surface area contributed by atoms with Gasteiger partial charge >= 0.3 is 5.97 Å². The minimum atomic E-state index is -1.16. The molecule has 1 aliphatic rings. The predicted octanol–water partition coefficient (Wildman–Crippen LogP) is 1.16. The van der Waals surface area contributed by atoms with Crippen LogP contribution in [0.25, 0.3) is 0 Å². The van der Waals surface area contributed by atoms with Gasteiger partial charge in [0.2, 0.25) is 5.91 Å². The van der Waals surface area contributed by atoms with Gasteiger partial charge in [-0.3, -0.25) is 9.59 Å². The molecule has 1 amide bonds. The fraction of sp³-hybridized carbons (Fsp3) is 0.429. The molecule has 0 radical (unpaired) electrons. The van der Waals surface area contributed by atoms with E-state index in [0.717, 1.165) is 6.07 Å². The summed E-state index contributed by atoms with van der Waals surface area (Å²) in [5.41, 5.74) is 4.76. The molecule has 0 saturated carbocycles. The Morgan fingerprint density at radius 1 is 1.50 bits per heavy atom. The van der Waals surface area contributed by atoms with Crippen molar-refractivity contribution in [3.05, 3.63) is 35.1 Å². The van der Waals surface area contributed by atoms with E-state index in [1.54, 1.807) is 0 Å². The number of hydrogen-bond donors (Lipinski definition) is 2.